The molecule has 0 bridgehead atoms. The molecule has 0 fully saturated rings. The van der Waals surface area contributed by atoms with E-state index >= 15 is 0 Å². The Morgan fingerprint density at radius 3 is 2.71 bits per heavy atom. The van der Waals surface area contributed by atoms with Gasteiger partial charge in [-0.25, -0.2) is 4.98 Å². The molecule has 5 aromatic rings. The Labute approximate surface area is 201 Å². The fourth-order valence-electron chi connectivity index (χ4n) is 3.76. The second-order valence-electron chi connectivity index (χ2n) is 7.95. The highest BCUT2D eigenvalue weighted by Crippen LogP contribution is 2.30. The number of ether oxygens (including phenoxy) is 1. The van der Waals surface area contributed by atoms with Crippen molar-refractivity contribution in [2.24, 2.45) is 0 Å². The Kier molecular flexibility index (Phi) is 6.22. The maximum Gasteiger partial charge on any atom is 0.226 e. The average molecular weight is 473 g/mol. The zero-order valence-electron chi connectivity index (χ0n) is 19.2. The number of aromatic nitrogens is 4. The Bertz CT molecular complexity index is 1410. The van der Waals surface area contributed by atoms with Gasteiger partial charge in [-0.1, -0.05) is 41.6 Å². The minimum Gasteiger partial charge on any atom is -0.497 e. The maximum atomic E-state index is 5.78. The number of methoxy groups -OCH3 is 1. The van der Waals surface area contributed by atoms with Crippen molar-refractivity contribution in [3.05, 3.63) is 89.7 Å². The van der Waals surface area contributed by atoms with Crippen LogP contribution in [0.2, 0.25) is 0 Å². The highest BCUT2D eigenvalue weighted by atomic mass is 32.2. The third-order valence-corrected chi connectivity index (χ3v) is 6.45. The van der Waals surface area contributed by atoms with Crippen LogP contribution in [0.1, 0.15) is 22.6 Å². The van der Waals surface area contributed by atoms with Crippen molar-refractivity contribution < 1.29 is 13.6 Å². The topological polar surface area (TPSA) is 79.1 Å². The number of hydrogen-bond acceptors (Lipinski definition) is 7. The van der Waals surface area contributed by atoms with Crippen molar-refractivity contribution in [3.8, 4) is 28.6 Å². The summed E-state index contributed by atoms with van der Waals surface area (Å²) in [7, 11) is 1.65. The lowest BCUT2D eigenvalue weighted by molar-refractivity contribution is 0.415. The largest absolute Gasteiger partial charge is 0.497 e. The van der Waals surface area contributed by atoms with Gasteiger partial charge in [-0.05, 0) is 49.7 Å². The molecule has 172 valence electrons. The van der Waals surface area contributed by atoms with E-state index < -0.39 is 0 Å². The predicted molar refractivity (Wildman–Crippen MR) is 131 cm³/mol. The third kappa shape index (κ3) is 4.63. The molecule has 0 aliphatic carbocycles. The second-order valence-corrected chi connectivity index (χ2v) is 8.90. The number of aryl methyl sites for hydroxylation is 2. The van der Waals surface area contributed by atoms with Gasteiger partial charge in [0.2, 0.25) is 5.89 Å². The van der Waals surface area contributed by atoms with Crippen molar-refractivity contribution in [2.75, 3.05) is 7.11 Å². The predicted octanol–water partition coefficient (Wildman–Crippen LogP) is 6.16. The summed E-state index contributed by atoms with van der Waals surface area (Å²) < 4.78 is 18.8. The van der Waals surface area contributed by atoms with E-state index in [9.17, 15) is 0 Å². The fourth-order valence-corrected chi connectivity index (χ4v) is 4.58. The zero-order chi connectivity index (χ0) is 23.5. The number of oxazole rings is 1. The van der Waals surface area contributed by atoms with Gasteiger partial charge in [-0.15, -0.1) is 10.2 Å². The van der Waals surface area contributed by atoms with E-state index in [0.717, 1.165) is 44.9 Å². The second kappa shape index (κ2) is 9.61. The highest BCUT2D eigenvalue weighted by molar-refractivity contribution is 7.98. The SMILES string of the molecule is COc1cccc(-c2nnc(SCc3coc(-c4ccc(C)cc4C)n3)n2Cc2ccco2)c1. The average Bonchev–Trinajstić information content (AvgIpc) is 3.60. The van der Waals surface area contributed by atoms with Gasteiger partial charge in [0.05, 0.1) is 25.6 Å². The van der Waals surface area contributed by atoms with Gasteiger partial charge in [0, 0.05) is 16.9 Å². The molecule has 0 unspecified atom stereocenters. The molecule has 0 N–H and O–H groups in total. The van der Waals surface area contributed by atoms with Crippen molar-refractivity contribution in [1.29, 1.82) is 0 Å². The monoisotopic (exact) mass is 472 g/mol. The van der Waals surface area contributed by atoms with Crippen LogP contribution in [0.15, 0.2) is 81.1 Å². The van der Waals surface area contributed by atoms with Crippen LogP contribution in [0, 0.1) is 13.8 Å². The number of rotatable bonds is 8. The molecule has 2 aromatic carbocycles. The normalized spacial score (nSPS) is 11.1. The molecule has 0 atom stereocenters. The molecule has 0 aliphatic rings. The standard InChI is InChI=1S/C26H24N4O3S/c1-17-9-10-23(18(2)12-17)25-27-20(15-33-25)16-34-26-29-28-24(19-6-4-7-21(13-19)31-3)30(26)14-22-8-5-11-32-22/h4-13,15H,14,16H2,1-3H3. The van der Waals surface area contributed by atoms with Crippen LogP contribution in [0.5, 0.6) is 5.75 Å². The number of furan rings is 1. The molecule has 0 saturated heterocycles. The number of thioether (sulfide) groups is 1. The molecule has 0 saturated carbocycles. The third-order valence-electron chi connectivity index (χ3n) is 5.45. The fraction of sp³-hybridized carbons (Fsp3) is 0.192. The molecular formula is C26H24N4O3S. The van der Waals surface area contributed by atoms with E-state index in [-0.39, 0.29) is 0 Å². The highest BCUT2D eigenvalue weighted by Gasteiger charge is 2.18. The quantitative estimate of drug-likeness (QED) is 0.250. The smallest absolute Gasteiger partial charge is 0.226 e. The first kappa shape index (κ1) is 22.0. The van der Waals surface area contributed by atoms with E-state index in [1.165, 1.54) is 5.56 Å². The summed E-state index contributed by atoms with van der Waals surface area (Å²) in [6.45, 7) is 4.66. The summed E-state index contributed by atoms with van der Waals surface area (Å²) in [5, 5.41) is 9.71. The van der Waals surface area contributed by atoms with Crippen LogP contribution in [0.3, 0.4) is 0 Å². The molecule has 5 rings (SSSR count). The maximum absolute atomic E-state index is 5.78. The van der Waals surface area contributed by atoms with Crippen LogP contribution in [-0.4, -0.2) is 26.9 Å². The van der Waals surface area contributed by atoms with Gasteiger partial charge >= 0.3 is 0 Å². The summed E-state index contributed by atoms with van der Waals surface area (Å²) in [6.07, 6.45) is 3.37. The lowest BCUT2D eigenvalue weighted by atomic mass is 10.1. The minimum absolute atomic E-state index is 0.515. The first-order valence-corrected chi connectivity index (χ1v) is 11.8. The van der Waals surface area contributed by atoms with Crippen LogP contribution in [-0.2, 0) is 12.3 Å². The Balaban J connectivity index is 1.40. The summed E-state index contributed by atoms with van der Waals surface area (Å²) >= 11 is 1.56. The molecule has 3 aromatic heterocycles. The molecule has 8 heteroatoms. The summed E-state index contributed by atoms with van der Waals surface area (Å²) in [5.74, 6) is 3.56. The molecule has 0 spiro atoms. The number of benzene rings is 2. The van der Waals surface area contributed by atoms with E-state index in [1.54, 1.807) is 31.4 Å². The Morgan fingerprint density at radius 1 is 1.00 bits per heavy atom. The van der Waals surface area contributed by atoms with E-state index in [2.05, 4.69) is 36.2 Å². The number of nitrogens with zero attached hydrogens (tertiary/aromatic N) is 4. The molecule has 3 heterocycles. The van der Waals surface area contributed by atoms with Gasteiger partial charge in [-0.2, -0.15) is 0 Å². The van der Waals surface area contributed by atoms with Crippen LogP contribution >= 0.6 is 11.8 Å². The zero-order valence-corrected chi connectivity index (χ0v) is 20.0. The van der Waals surface area contributed by atoms with Gasteiger partial charge in [0.15, 0.2) is 11.0 Å². The summed E-state index contributed by atoms with van der Waals surface area (Å²) in [4.78, 5) is 4.70. The van der Waals surface area contributed by atoms with Gasteiger partial charge in [0.25, 0.3) is 0 Å². The molecule has 0 radical (unpaired) electrons. The van der Waals surface area contributed by atoms with Crippen molar-refractivity contribution >= 4 is 11.8 Å². The van der Waals surface area contributed by atoms with Crippen molar-refractivity contribution in [2.45, 2.75) is 31.3 Å². The lowest BCUT2D eigenvalue weighted by Gasteiger charge is -2.09. The van der Waals surface area contributed by atoms with Crippen LogP contribution in [0.4, 0.5) is 0 Å². The van der Waals surface area contributed by atoms with E-state index in [0.29, 0.717) is 18.2 Å². The van der Waals surface area contributed by atoms with E-state index in [4.69, 9.17) is 18.6 Å². The molecule has 34 heavy (non-hydrogen) atoms. The summed E-state index contributed by atoms with van der Waals surface area (Å²) in [6, 6.07) is 17.9. The van der Waals surface area contributed by atoms with Gasteiger partial charge in [-0.3, -0.25) is 4.57 Å². The first-order chi connectivity index (χ1) is 16.6. The Hall–Kier alpha value is -3.78. The molecule has 0 amide bonds. The number of hydrogen-bond donors (Lipinski definition) is 0. The van der Waals surface area contributed by atoms with Crippen molar-refractivity contribution in [1.82, 2.24) is 19.7 Å². The van der Waals surface area contributed by atoms with E-state index in [1.807, 2.05) is 47.0 Å². The van der Waals surface area contributed by atoms with Crippen molar-refractivity contribution in [3.63, 3.8) is 0 Å². The molecular weight excluding hydrogens is 448 g/mol. The molecule has 0 aliphatic heterocycles. The first-order valence-electron chi connectivity index (χ1n) is 10.9. The van der Waals surface area contributed by atoms with Gasteiger partial charge in [0.1, 0.15) is 17.8 Å². The lowest BCUT2D eigenvalue weighted by Crippen LogP contribution is -2.03. The Morgan fingerprint density at radius 2 is 1.91 bits per heavy atom. The minimum atomic E-state index is 0.515. The summed E-state index contributed by atoms with van der Waals surface area (Å²) in [5.41, 5.74) is 5.12. The van der Waals surface area contributed by atoms with Crippen LogP contribution in [0.25, 0.3) is 22.8 Å². The van der Waals surface area contributed by atoms with Gasteiger partial charge < -0.3 is 13.6 Å². The van der Waals surface area contributed by atoms with Crippen LogP contribution < -0.4 is 4.74 Å². The molecule has 7 nitrogen and oxygen atoms in total.